The number of hydrogen-bond donors (Lipinski definition) is 1. The molecule has 3 heteroatoms. The van der Waals surface area contributed by atoms with E-state index in [0.29, 0.717) is 0 Å². The molecule has 1 aliphatic rings. The number of carbonyl (C=O) groups excluding carboxylic acids is 1. The van der Waals surface area contributed by atoms with Crippen LogP contribution in [-0.4, -0.2) is 35.1 Å². The van der Waals surface area contributed by atoms with Gasteiger partial charge in [-0.2, -0.15) is 0 Å². The molecule has 1 fully saturated rings. The Labute approximate surface area is 108 Å². The Balaban J connectivity index is 2.10. The van der Waals surface area contributed by atoms with Gasteiger partial charge in [0.1, 0.15) is 0 Å². The van der Waals surface area contributed by atoms with E-state index >= 15 is 0 Å². The number of allylic oxidation sites excluding steroid dienone is 1. The Morgan fingerprint density at radius 1 is 1.44 bits per heavy atom. The third-order valence-corrected chi connectivity index (χ3v) is 3.44. The van der Waals surface area contributed by atoms with E-state index in [1.807, 2.05) is 37.3 Å². The summed E-state index contributed by atoms with van der Waals surface area (Å²) < 4.78 is 0. The van der Waals surface area contributed by atoms with Crippen LogP contribution in [-0.2, 0) is 4.79 Å². The van der Waals surface area contributed by atoms with Crippen molar-refractivity contribution in [2.24, 2.45) is 0 Å². The first-order chi connectivity index (χ1) is 8.72. The highest BCUT2D eigenvalue weighted by Crippen LogP contribution is 2.19. The number of rotatable bonds is 3. The molecular formula is C15H19NO2. The lowest BCUT2D eigenvalue weighted by molar-refractivity contribution is -0.127. The zero-order valence-corrected chi connectivity index (χ0v) is 10.7. The molecule has 2 rings (SSSR count). The predicted octanol–water partition coefficient (Wildman–Crippen LogP) is 2.07. The first-order valence-corrected chi connectivity index (χ1v) is 6.37. The van der Waals surface area contributed by atoms with Crippen LogP contribution in [0.3, 0.4) is 0 Å². The van der Waals surface area contributed by atoms with E-state index in [1.165, 1.54) is 0 Å². The molecule has 0 aliphatic carbocycles. The number of carbonyl (C=O) groups is 1. The third kappa shape index (κ3) is 2.79. The smallest absolute Gasteiger partial charge is 0.247 e. The van der Waals surface area contributed by atoms with Gasteiger partial charge >= 0.3 is 0 Å². The molecule has 1 atom stereocenters. The second-order valence-electron chi connectivity index (χ2n) is 4.70. The fourth-order valence-corrected chi connectivity index (χ4v) is 2.37. The minimum atomic E-state index is -0.00248. The molecule has 1 aromatic carbocycles. The first-order valence-electron chi connectivity index (χ1n) is 6.37. The molecule has 0 unspecified atom stereocenters. The molecule has 96 valence electrons. The van der Waals surface area contributed by atoms with E-state index in [1.54, 1.807) is 11.0 Å². The molecule has 1 aliphatic heterocycles. The van der Waals surface area contributed by atoms with Gasteiger partial charge in [-0.25, -0.2) is 0 Å². The Morgan fingerprint density at radius 2 is 2.17 bits per heavy atom. The maximum Gasteiger partial charge on any atom is 0.247 e. The summed E-state index contributed by atoms with van der Waals surface area (Å²) in [6.07, 6.45) is 3.55. The number of nitrogens with zero attached hydrogens (tertiary/aromatic N) is 1. The molecule has 1 heterocycles. The number of benzene rings is 1. The molecule has 0 spiro atoms. The lowest BCUT2D eigenvalue weighted by Crippen LogP contribution is -2.36. The van der Waals surface area contributed by atoms with Gasteiger partial charge in [-0.3, -0.25) is 4.79 Å². The Bertz CT molecular complexity index is 439. The van der Waals surface area contributed by atoms with Crippen molar-refractivity contribution < 1.29 is 9.90 Å². The highest BCUT2D eigenvalue weighted by molar-refractivity contribution is 5.95. The minimum absolute atomic E-state index is 0.00248. The van der Waals surface area contributed by atoms with Crippen molar-refractivity contribution in [2.75, 3.05) is 13.2 Å². The van der Waals surface area contributed by atoms with Gasteiger partial charge in [0.05, 0.1) is 12.6 Å². The van der Waals surface area contributed by atoms with Crippen molar-refractivity contribution >= 4 is 11.5 Å². The first kappa shape index (κ1) is 12.8. The summed E-state index contributed by atoms with van der Waals surface area (Å²) in [7, 11) is 0. The molecule has 0 bridgehead atoms. The van der Waals surface area contributed by atoms with E-state index in [9.17, 15) is 9.90 Å². The second-order valence-corrected chi connectivity index (χ2v) is 4.70. The standard InChI is InChI=1S/C15H19NO2/c1-12(13-6-3-2-4-7-13)10-15(18)16-9-5-8-14(16)11-17/h2-4,6-7,10,14,17H,5,8-9,11H2,1H3/b12-10-/t14-/m1/s1. The second kappa shape index (κ2) is 5.83. The van der Waals surface area contributed by atoms with Crippen LogP contribution < -0.4 is 0 Å². The lowest BCUT2D eigenvalue weighted by atomic mass is 10.1. The van der Waals surface area contributed by atoms with Gasteiger partial charge in [-0.05, 0) is 30.9 Å². The van der Waals surface area contributed by atoms with Crippen LogP contribution >= 0.6 is 0 Å². The molecule has 1 N–H and O–H groups in total. The molecule has 0 aromatic heterocycles. The summed E-state index contributed by atoms with van der Waals surface area (Å²) >= 11 is 0. The monoisotopic (exact) mass is 245 g/mol. The van der Waals surface area contributed by atoms with Crippen molar-refractivity contribution in [2.45, 2.75) is 25.8 Å². The van der Waals surface area contributed by atoms with Gasteiger partial charge in [0.2, 0.25) is 5.91 Å². The number of hydrogen-bond acceptors (Lipinski definition) is 2. The quantitative estimate of drug-likeness (QED) is 0.828. The molecule has 1 aromatic rings. The SMILES string of the molecule is C/C(=C/C(=O)N1CCC[C@@H]1CO)c1ccccc1. The van der Waals surface area contributed by atoms with Crippen molar-refractivity contribution in [3.63, 3.8) is 0 Å². The van der Waals surface area contributed by atoms with Gasteiger partial charge in [-0.1, -0.05) is 30.3 Å². The number of likely N-dealkylation sites (tertiary alicyclic amines) is 1. The maximum atomic E-state index is 12.1. The summed E-state index contributed by atoms with van der Waals surface area (Å²) in [6.45, 7) is 2.75. The highest BCUT2D eigenvalue weighted by atomic mass is 16.3. The van der Waals surface area contributed by atoms with E-state index in [0.717, 1.165) is 30.5 Å². The van der Waals surface area contributed by atoms with Crippen LogP contribution in [0.5, 0.6) is 0 Å². The Morgan fingerprint density at radius 3 is 2.83 bits per heavy atom. The lowest BCUT2D eigenvalue weighted by Gasteiger charge is -2.21. The van der Waals surface area contributed by atoms with Gasteiger partial charge in [-0.15, -0.1) is 0 Å². The van der Waals surface area contributed by atoms with Gasteiger partial charge in [0.15, 0.2) is 0 Å². The molecule has 0 saturated carbocycles. The van der Waals surface area contributed by atoms with Gasteiger partial charge in [0.25, 0.3) is 0 Å². The fourth-order valence-electron chi connectivity index (χ4n) is 2.37. The van der Waals surface area contributed by atoms with Crippen molar-refractivity contribution in [3.8, 4) is 0 Å². The molecular weight excluding hydrogens is 226 g/mol. The number of aliphatic hydroxyl groups excluding tert-OH is 1. The average Bonchev–Trinajstić information content (AvgIpc) is 2.88. The average molecular weight is 245 g/mol. The van der Waals surface area contributed by atoms with Crippen LogP contribution in [0.25, 0.3) is 5.57 Å². The van der Waals surface area contributed by atoms with Gasteiger partial charge in [0, 0.05) is 12.6 Å². The van der Waals surface area contributed by atoms with Crippen LogP contribution in [0.2, 0.25) is 0 Å². The van der Waals surface area contributed by atoms with E-state index in [2.05, 4.69) is 0 Å². The summed E-state index contributed by atoms with van der Waals surface area (Å²) in [6, 6.07) is 9.87. The number of aliphatic hydroxyl groups is 1. The summed E-state index contributed by atoms with van der Waals surface area (Å²) in [5.74, 6) is 0.00732. The van der Waals surface area contributed by atoms with Crippen molar-refractivity contribution in [3.05, 3.63) is 42.0 Å². The highest BCUT2D eigenvalue weighted by Gasteiger charge is 2.26. The minimum Gasteiger partial charge on any atom is -0.394 e. The summed E-state index contributed by atoms with van der Waals surface area (Å²) in [4.78, 5) is 13.9. The maximum absolute atomic E-state index is 12.1. The largest absolute Gasteiger partial charge is 0.394 e. The van der Waals surface area contributed by atoms with Crippen LogP contribution in [0.1, 0.15) is 25.3 Å². The fraction of sp³-hybridized carbons (Fsp3) is 0.400. The Hall–Kier alpha value is -1.61. The molecule has 1 saturated heterocycles. The van der Waals surface area contributed by atoms with Gasteiger partial charge < -0.3 is 10.0 Å². The van der Waals surface area contributed by atoms with Crippen molar-refractivity contribution in [1.82, 2.24) is 4.90 Å². The summed E-state index contributed by atoms with van der Waals surface area (Å²) in [5.41, 5.74) is 2.02. The van der Waals surface area contributed by atoms with E-state index < -0.39 is 0 Å². The number of amides is 1. The third-order valence-electron chi connectivity index (χ3n) is 3.44. The molecule has 3 nitrogen and oxygen atoms in total. The van der Waals surface area contributed by atoms with Crippen LogP contribution in [0, 0.1) is 0 Å². The zero-order valence-electron chi connectivity index (χ0n) is 10.7. The van der Waals surface area contributed by atoms with Crippen molar-refractivity contribution in [1.29, 1.82) is 0 Å². The van der Waals surface area contributed by atoms with Crippen LogP contribution in [0.4, 0.5) is 0 Å². The topological polar surface area (TPSA) is 40.5 Å². The van der Waals surface area contributed by atoms with E-state index in [-0.39, 0.29) is 18.6 Å². The van der Waals surface area contributed by atoms with Crippen LogP contribution in [0.15, 0.2) is 36.4 Å². The normalized spacial score (nSPS) is 20.2. The van der Waals surface area contributed by atoms with E-state index in [4.69, 9.17) is 0 Å². The predicted molar refractivity (Wildman–Crippen MR) is 71.9 cm³/mol. The Kier molecular flexibility index (Phi) is 4.15. The molecule has 18 heavy (non-hydrogen) atoms. The molecule has 0 radical (unpaired) electrons. The zero-order chi connectivity index (χ0) is 13.0. The molecule has 1 amide bonds. The summed E-state index contributed by atoms with van der Waals surface area (Å²) in [5, 5.41) is 9.22.